The Hall–Kier alpha value is -1.97. The standard InChI is InChI=1S/C10H13N3O6/c1-18-7-5(15)6(8(11)16)19-9(7)13-3-2-4(14)12-10(13)17/h2-3,5-7,9,15H,1H3,(H2,11,16)(H,12,14,17). The Balaban J connectivity index is 2.41. The lowest BCUT2D eigenvalue weighted by molar-refractivity contribution is -0.134. The zero-order valence-corrected chi connectivity index (χ0v) is 9.98. The molecule has 0 saturated carbocycles. The van der Waals surface area contributed by atoms with Gasteiger partial charge in [-0.05, 0) is 0 Å². The van der Waals surface area contributed by atoms with Gasteiger partial charge in [-0.25, -0.2) is 4.79 Å². The quantitative estimate of drug-likeness (QED) is 0.547. The smallest absolute Gasteiger partial charge is 0.330 e. The molecule has 0 radical (unpaired) electrons. The van der Waals surface area contributed by atoms with E-state index in [0.29, 0.717) is 0 Å². The number of aromatic amines is 1. The molecule has 1 aromatic heterocycles. The average molecular weight is 271 g/mol. The zero-order valence-electron chi connectivity index (χ0n) is 9.98. The van der Waals surface area contributed by atoms with Crippen molar-refractivity contribution in [2.75, 3.05) is 7.11 Å². The highest BCUT2D eigenvalue weighted by molar-refractivity contribution is 5.80. The topological polar surface area (TPSA) is 137 Å². The van der Waals surface area contributed by atoms with Gasteiger partial charge in [-0.15, -0.1) is 0 Å². The van der Waals surface area contributed by atoms with E-state index in [1.807, 2.05) is 4.98 Å². The summed E-state index contributed by atoms with van der Waals surface area (Å²) in [4.78, 5) is 35.8. The number of nitrogens with two attached hydrogens (primary N) is 1. The molecule has 4 atom stereocenters. The van der Waals surface area contributed by atoms with Crippen molar-refractivity contribution in [2.45, 2.75) is 24.5 Å². The molecule has 0 aromatic carbocycles. The van der Waals surface area contributed by atoms with Crippen LogP contribution < -0.4 is 17.0 Å². The first-order valence-corrected chi connectivity index (χ1v) is 5.43. The molecular formula is C10H13N3O6. The maximum atomic E-state index is 11.6. The van der Waals surface area contributed by atoms with E-state index in [-0.39, 0.29) is 0 Å². The molecule has 1 aliphatic heterocycles. The Bertz CT molecular complexity index is 593. The molecule has 0 bridgehead atoms. The maximum Gasteiger partial charge on any atom is 0.330 e. The SMILES string of the molecule is COC1C(O)C(C(N)=O)OC1n1ccc(=O)[nH]c1=O. The summed E-state index contributed by atoms with van der Waals surface area (Å²) in [6, 6.07) is 1.11. The van der Waals surface area contributed by atoms with E-state index in [2.05, 4.69) is 0 Å². The summed E-state index contributed by atoms with van der Waals surface area (Å²) in [5.41, 5.74) is 3.77. The molecule has 1 amide bonds. The van der Waals surface area contributed by atoms with Gasteiger partial charge >= 0.3 is 5.69 Å². The number of H-pyrrole nitrogens is 1. The Morgan fingerprint density at radius 3 is 2.79 bits per heavy atom. The van der Waals surface area contributed by atoms with Crippen molar-refractivity contribution < 1.29 is 19.4 Å². The third-order valence-electron chi connectivity index (χ3n) is 2.89. The number of aliphatic hydroxyl groups is 1. The van der Waals surface area contributed by atoms with Gasteiger partial charge in [0.1, 0.15) is 12.2 Å². The van der Waals surface area contributed by atoms with Crippen LogP contribution in [0.2, 0.25) is 0 Å². The fourth-order valence-electron chi connectivity index (χ4n) is 1.99. The van der Waals surface area contributed by atoms with Gasteiger partial charge in [0, 0.05) is 19.4 Å². The van der Waals surface area contributed by atoms with Gasteiger partial charge in [-0.2, -0.15) is 0 Å². The number of hydrogen-bond donors (Lipinski definition) is 3. The van der Waals surface area contributed by atoms with Gasteiger partial charge in [-0.1, -0.05) is 0 Å². The molecule has 19 heavy (non-hydrogen) atoms. The van der Waals surface area contributed by atoms with Crippen LogP contribution in [0, 0.1) is 0 Å². The van der Waals surface area contributed by atoms with E-state index < -0.39 is 41.7 Å². The predicted octanol–water partition coefficient (Wildman–Crippen LogP) is -2.70. The number of primary amides is 1. The number of ether oxygens (including phenoxy) is 2. The second kappa shape index (κ2) is 4.96. The predicted molar refractivity (Wildman–Crippen MR) is 61.2 cm³/mol. The van der Waals surface area contributed by atoms with Crippen LogP contribution in [0.5, 0.6) is 0 Å². The minimum atomic E-state index is -1.30. The van der Waals surface area contributed by atoms with Crippen LogP contribution >= 0.6 is 0 Å². The fraction of sp³-hybridized carbons (Fsp3) is 0.500. The highest BCUT2D eigenvalue weighted by atomic mass is 16.6. The largest absolute Gasteiger partial charge is 0.387 e. The van der Waals surface area contributed by atoms with E-state index in [9.17, 15) is 19.5 Å². The summed E-state index contributed by atoms with van der Waals surface area (Å²) in [6.07, 6.45) is -3.41. The van der Waals surface area contributed by atoms with Crippen molar-refractivity contribution in [1.82, 2.24) is 9.55 Å². The Morgan fingerprint density at radius 1 is 1.58 bits per heavy atom. The number of nitrogens with one attached hydrogen (secondary N) is 1. The van der Waals surface area contributed by atoms with E-state index in [4.69, 9.17) is 15.2 Å². The number of rotatable bonds is 3. The molecule has 2 heterocycles. The Morgan fingerprint density at radius 2 is 2.26 bits per heavy atom. The number of hydrogen-bond acceptors (Lipinski definition) is 6. The average Bonchev–Trinajstić information content (AvgIpc) is 2.66. The van der Waals surface area contributed by atoms with E-state index in [1.165, 1.54) is 13.3 Å². The van der Waals surface area contributed by atoms with Gasteiger partial charge in [0.15, 0.2) is 12.3 Å². The molecule has 104 valence electrons. The summed E-state index contributed by atoms with van der Waals surface area (Å²) in [6.45, 7) is 0. The van der Waals surface area contributed by atoms with Crippen LogP contribution in [-0.4, -0.2) is 46.0 Å². The second-order valence-electron chi connectivity index (χ2n) is 4.06. The molecule has 0 aliphatic carbocycles. The summed E-state index contributed by atoms with van der Waals surface area (Å²) < 4.78 is 11.3. The number of nitrogens with zero attached hydrogens (tertiary/aromatic N) is 1. The highest BCUT2D eigenvalue weighted by Gasteiger charge is 2.48. The molecule has 0 spiro atoms. The van der Waals surface area contributed by atoms with E-state index in [0.717, 1.165) is 10.6 Å². The minimum absolute atomic E-state index is 0.569. The molecule has 9 heteroatoms. The van der Waals surface area contributed by atoms with Gasteiger partial charge in [0.2, 0.25) is 5.91 Å². The Kier molecular flexibility index (Phi) is 3.51. The molecule has 4 N–H and O–H groups in total. The van der Waals surface area contributed by atoms with Crippen LogP contribution in [0.3, 0.4) is 0 Å². The number of carbonyl (C=O) groups is 1. The molecule has 2 rings (SSSR count). The van der Waals surface area contributed by atoms with Crippen molar-refractivity contribution >= 4 is 5.91 Å². The van der Waals surface area contributed by atoms with Crippen molar-refractivity contribution in [3.8, 4) is 0 Å². The monoisotopic (exact) mass is 271 g/mol. The maximum absolute atomic E-state index is 11.6. The van der Waals surface area contributed by atoms with Crippen LogP contribution in [-0.2, 0) is 14.3 Å². The van der Waals surface area contributed by atoms with E-state index >= 15 is 0 Å². The summed E-state index contributed by atoms with van der Waals surface area (Å²) in [7, 11) is 1.30. The lowest BCUT2D eigenvalue weighted by Crippen LogP contribution is -2.41. The number of aromatic nitrogens is 2. The van der Waals surface area contributed by atoms with Crippen LogP contribution in [0.1, 0.15) is 6.23 Å². The lowest BCUT2D eigenvalue weighted by Gasteiger charge is -2.19. The summed E-state index contributed by atoms with van der Waals surface area (Å²) >= 11 is 0. The van der Waals surface area contributed by atoms with Crippen molar-refractivity contribution in [3.05, 3.63) is 33.1 Å². The first-order valence-electron chi connectivity index (χ1n) is 5.43. The summed E-state index contributed by atoms with van der Waals surface area (Å²) in [5.74, 6) is -0.866. The third-order valence-corrected chi connectivity index (χ3v) is 2.89. The number of carbonyl (C=O) groups excluding carboxylic acids is 1. The van der Waals surface area contributed by atoms with Crippen molar-refractivity contribution in [2.24, 2.45) is 5.73 Å². The normalized spacial score (nSPS) is 30.4. The second-order valence-corrected chi connectivity index (χ2v) is 4.06. The highest BCUT2D eigenvalue weighted by Crippen LogP contribution is 2.30. The third kappa shape index (κ3) is 2.30. The van der Waals surface area contributed by atoms with Crippen LogP contribution in [0.25, 0.3) is 0 Å². The summed E-state index contributed by atoms with van der Waals surface area (Å²) in [5, 5.41) is 9.86. The van der Waals surface area contributed by atoms with Crippen molar-refractivity contribution in [3.63, 3.8) is 0 Å². The van der Waals surface area contributed by atoms with E-state index in [1.54, 1.807) is 0 Å². The van der Waals surface area contributed by atoms with Gasteiger partial charge in [0.25, 0.3) is 5.56 Å². The Labute approximate surface area is 106 Å². The number of amides is 1. The number of methoxy groups -OCH3 is 1. The number of aliphatic hydroxyl groups excluding tert-OH is 1. The first-order chi connectivity index (χ1) is 8.95. The van der Waals surface area contributed by atoms with Gasteiger partial charge in [0.05, 0.1) is 0 Å². The fourth-order valence-corrected chi connectivity index (χ4v) is 1.99. The molecule has 1 aliphatic rings. The van der Waals surface area contributed by atoms with Crippen molar-refractivity contribution in [1.29, 1.82) is 0 Å². The van der Waals surface area contributed by atoms with Crippen LogP contribution in [0.4, 0.5) is 0 Å². The molecule has 1 aromatic rings. The molecule has 9 nitrogen and oxygen atoms in total. The molecular weight excluding hydrogens is 258 g/mol. The van der Waals surface area contributed by atoms with Crippen LogP contribution in [0.15, 0.2) is 21.9 Å². The molecule has 4 unspecified atom stereocenters. The first kappa shape index (κ1) is 13.5. The van der Waals surface area contributed by atoms with Gasteiger partial charge in [-0.3, -0.25) is 19.1 Å². The molecule has 1 fully saturated rings. The van der Waals surface area contributed by atoms with Gasteiger partial charge < -0.3 is 20.3 Å². The lowest BCUT2D eigenvalue weighted by atomic mass is 10.1. The zero-order chi connectivity index (χ0) is 14.2. The minimum Gasteiger partial charge on any atom is -0.387 e. The molecule has 1 saturated heterocycles.